The zero-order valence-electron chi connectivity index (χ0n) is 16.3. The van der Waals surface area contributed by atoms with Crippen molar-refractivity contribution in [3.05, 3.63) is 71.0 Å². The first-order chi connectivity index (χ1) is 15.1. The SMILES string of the molecule is O=C(Cc1csc(NC(=O)c2ccc(F)cc2)n1)ON1CCNCC1c1ncccn1. The van der Waals surface area contributed by atoms with Crippen LogP contribution in [0, 0.1) is 5.82 Å². The van der Waals surface area contributed by atoms with E-state index in [1.165, 1.54) is 35.6 Å². The fourth-order valence-electron chi connectivity index (χ4n) is 3.02. The molecular weight excluding hydrogens is 423 g/mol. The average molecular weight is 442 g/mol. The zero-order chi connectivity index (χ0) is 21.6. The maximum absolute atomic E-state index is 13.0. The van der Waals surface area contributed by atoms with E-state index in [-0.39, 0.29) is 12.5 Å². The molecule has 0 bridgehead atoms. The van der Waals surface area contributed by atoms with E-state index < -0.39 is 17.7 Å². The number of thiazole rings is 1. The van der Waals surface area contributed by atoms with Crippen molar-refractivity contribution >= 4 is 28.3 Å². The van der Waals surface area contributed by atoms with Crippen LogP contribution >= 0.6 is 11.3 Å². The molecule has 1 fully saturated rings. The number of benzene rings is 1. The van der Waals surface area contributed by atoms with Gasteiger partial charge in [-0.25, -0.2) is 24.1 Å². The van der Waals surface area contributed by atoms with Crippen molar-refractivity contribution in [2.24, 2.45) is 0 Å². The largest absolute Gasteiger partial charge is 0.367 e. The number of carbonyl (C=O) groups is 2. The molecule has 9 nitrogen and oxygen atoms in total. The van der Waals surface area contributed by atoms with Gasteiger partial charge in [0.15, 0.2) is 5.13 Å². The van der Waals surface area contributed by atoms with Crippen LogP contribution in [0.15, 0.2) is 48.1 Å². The summed E-state index contributed by atoms with van der Waals surface area (Å²) in [6.45, 7) is 1.74. The van der Waals surface area contributed by atoms with E-state index in [0.717, 1.165) is 0 Å². The zero-order valence-corrected chi connectivity index (χ0v) is 17.1. The maximum atomic E-state index is 13.0. The van der Waals surface area contributed by atoms with Crippen molar-refractivity contribution in [1.82, 2.24) is 25.3 Å². The molecule has 1 aliphatic rings. The summed E-state index contributed by atoms with van der Waals surface area (Å²) in [5, 5.41) is 9.48. The summed E-state index contributed by atoms with van der Waals surface area (Å²) < 4.78 is 13.0. The van der Waals surface area contributed by atoms with E-state index in [1.807, 2.05) is 0 Å². The third kappa shape index (κ3) is 5.45. The molecule has 0 spiro atoms. The number of hydroxylamine groups is 2. The number of nitrogens with one attached hydrogen (secondary N) is 2. The summed E-state index contributed by atoms with van der Waals surface area (Å²) in [5.74, 6) is -0.723. The molecule has 1 unspecified atom stereocenters. The summed E-state index contributed by atoms with van der Waals surface area (Å²) in [6, 6.07) is 6.64. The molecule has 0 aliphatic carbocycles. The number of hydrogen-bond acceptors (Lipinski definition) is 9. The van der Waals surface area contributed by atoms with Gasteiger partial charge in [-0.05, 0) is 30.3 Å². The Labute approximate surface area is 181 Å². The van der Waals surface area contributed by atoms with Crippen molar-refractivity contribution in [3.8, 4) is 0 Å². The second kappa shape index (κ2) is 9.69. The van der Waals surface area contributed by atoms with Gasteiger partial charge in [0.05, 0.1) is 12.1 Å². The van der Waals surface area contributed by atoms with E-state index in [9.17, 15) is 14.0 Å². The van der Waals surface area contributed by atoms with Crippen LogP contribution in [0.4, 0.5) is 9.52 Å². The molecule has 3 heterocycles. The van der Waals surface area contributed by atoms with Crippen LogP contribution < -0.4 is 10.6 Å². The maximum Gasteiger partial charge on any atom is 0.331 e. The van der Waals surface area contributed by atoms with Crippen LogP contribution in [0.3, 0.4) is 0 Å². The standard InChI is InChI=1S/C20H19FN6O3S/c21-14-4-2-13(3-5-14)19(29)26-20-25-15(12-31-20)10-17(28)30-27-9-8-22-11-16(27)18-23-6-1-7-24-18/h1-7,12,16,22H,8-11H2,(H,25,26,29). The molecule has 0 saturated carbocycles. The number of nitrogens with zero attached hydrogens (tertiary/aromatic N) is 4. The topological polar surface area (TPSA) is 109 Å². The second-order valence-electron chi connectivity index (χ2n) is 6.71. The van der Waals surface area contributed by atoms with Crippen LogP contribution in [0.5, 0.6) is 0 Å². The molecule has 1 aromatic carbocycles. The Kier molecular flexibility index (Phi) is 6.55. The van der Waals surface area contributed by atoms with E-state index in [2.05, 4.69) is 25.6 Å². The Hall–Kier alpha value is -3.28. The highest BCUT2D eigenvalue weighted by Crippen LogP contribution is 2.21. The molecule has 31 heavy (non-hydrogen) atoms. The van der Waals surface area contributed by atoms with Crippen LogP contribution in [-0.2, 0) is 16.1 Å². The molecular formula is C20H19FN6O3S. The third-order valence-corrected chi connectivity index (χ3v) is 5.31. The van der Waals surface area contributed by atoms with Gasteiger partial charge in [-0.3, -0.25) is 10.1 Å². The van der Waals surface area contributed by atoms with Crippen molar-refractivity contribution < 1.29 is 18.8 Å². The molecule has 1 atom stereocenters. The van der Waals surface area contributed by atoms with Gasteiger partial charge in [0, 0.05) is 43.0 Å². The lowest BCUT2D eigenvalue weighted by molar-refractivity contribution is -0.207. The molecule has 1 saturated heterocycles. The lowest BCUT2D eigenvalue weighted by Crippen LogP contribution is -2.47. The second-order valence-corrected chi connectivity index (χ2v) is 7.57. The quantitative estimate of drug-likeness (QED) is 0.596. The smallest absolute Gasteiger partial charge is 0.331 e. The first kappa shape index (κ1) is 21.0. The Morgan fingerprint density at radius 1 is 1.26 bits per heavy atom. The minimum Gasteiger partial charge on any atom is -0.367 e. The number of carbonyl (C=O) groups excluding carboxylic acids is 2. The monoisotopic (exact) mass is 442 g/mol. The number of rotatable bonds is 6. The van der Waals surface area contributed by atoms with Crippen molar-refractivity contribution in [3.63, 3.8) is 0 Å². The number of halogens is 1. The molecule has 0 radical (unpaired) electrons. The van der Waals surface area contributed by atoms with Gasteiger partial charge in [-0.15, -0.1) is 16.4 Å². The molecule has 2 N–H and O–H groups in total. The summed E-state index contributed by atoms with van der Waals surface area (Å²) in [7, 11) is 0. The Bertz CT molecular complexity index is 1050. The first-order valence-electron chi connectivity index (χ1n) is 9.55. The predicted molar refractivity (Wildman–Crippen MR) is 111 cm³/mol. The van der Waals surface area contributed by atoms with E-state index in [0.29, 0.717) is 41.8 Å². The van der Waals surface area contributed by atoms with Crippen molar-refractivity contribution in [2.45, 2.75) is 12.5 Å². The van der Waals surface area contributed by atoms with Crippen LogP contribution in [0.2, 0.25) is 0 Å². The van der Waals surface area contributed by atoms with Crippen LogP contribution in [0.1, 0.15) is 27.9 Å². The van der Waals surface area contributed by atoms with Gasteiger partial charge in [-0.1, -0.05) is 0 Å². The molecule has 11 heteroatoms. The van der Waals surface area contributed by atoms with Crippen molar-refractivity contribution in [2.75, 3.05) is 25.0 Å². The highest BCUT2D eigenvalue weighted by molar-refractivity contribution is 7.14. The summed E-state index contributed by atoms with van der Waals surface area (Å²) in [5.41, 5.74) is 0.789. The van der Waals surface area contributed by atoms with Gasteiger partial charge in [0.1, 0.15) is 17.7 Å². The van der Waals surface area contributed by atoms with Gasteiger partial charge in [0.2, 0.25) is 0 Å². The van der Waals surface area contributed by atoms with Crippen molar-refractivity contribution in [1.29, 1.82) is 0 Å². The Morgan fingerprint density at radius 2 is 2.03 bits per heavy atom. The molecule has 160 valence electrons. The summed E-state index contributed by atoms with van der Waals surface area (Å²) in [4.78, 5) is 43.0. The molecule has 1 amide bonds. The molecule has 1 aliphatic heterocycles. The average Bonchev–Trinajstić information content (AvgIpc) is 3.21. The van der Waals surface area contributed by atoms with Gasteiger partial charge in [0.25, 0.3) is 5.91 Å². The van der Waals surface area contributed by atoms with E-state index >= 15 is 0 Å². The molecule has 4 rings (SSSR count). The number of anilines is 1. The van der Waals surface area contributed by atoms with Crippen LogP contribution in [0.25, 0.3) is 0 Å². The normalized spacial score (nSPS) is 16.6. The summed E-state index contributed by atoms with van der Waals surface area (Å²) >= 11 is 1.19. The lowest BCUT2D eigenvalue weighted by Gasteiger charge is -2.33. The number of hydrogen-bond donors (Lipinski definition) is 2. The minimum absolute atomic E-state index is 0.0464. The van der Waals surface area contributed by atoms with E-state index in [1.54, 1.807) is 28.9 Å². The minimum atomic E-state index is -0.468. The number of amides is 1. The van der Waals surface area contributed by atoms with E-state index in [4.69, 9.17) is 4.84 Å². The van der Waals surface area contributed by atoms with Crippen LogP contribution in [-0.4, -0.2) is 51.5 Å². The third-order valence-electron chi connectivity index (χ3n) is 4.50. The molecule has 3 aromatic rings. The number of aromatic nitrogens is 3. The Balaban J connectivity index is 1.34. The fourth-order valence-corrected chi connectivity index (χ4v) is 3.73. The molecule has 2 aromatic heterocycles. The lowest BCUT2D eigenvalue weighted by atomic mass is 10.2. The highest BCUT2D eigenvalue weighted by atomic mass is 32.1. The fraction of sp³-hybridized carbons (Fsp3) is 0.250. The Morgan fingerprint density at radius 3 is 2.81 bits per heavy atom. The van der Waals surface area contributed by atoms with Gasteiger partial charge in [-0.2, -0.15) is 0 Å². The first-order valence-corrected chi connectivity index (χ1v) is 10.4. The summed E-state index contributed by atoms with van der Waals surface area (Å²) in [6.07, 6.45) is 3.25. The highest BCUT2D eigenvalue weighted by Gasteiger charge is 2.29. The van der Waals surface area contributed by atoms with Gasteiger partial charge < -0.3 is 10.2 Å². The predicted octanol–water partition coefficient (Wildman–Crippen LogP) is 1.97. The van der Waals surface area contributed by atoms with Gasteiger partial charge >= 0.3 is 5.97 Å². The number of piperazine rings is 1.